The zero-order chi connectivity index (χ0) is 50.2. The fourth-order valence-corrected chi connectivity index (χ4v) is 9.98. The normalized spacial score (nSPS) is 23.5. The lowest BCUT2D eigenvalue weighted by molar-refractivity contribution is -0.199. The van der Waals surface area contributed by atoms with Crippen LogP contribution >= 0.6 is 0 Å². The predicted octanol–water partition coefficient (Wildman–Crippen LogP) is 2.80. The Bertz CT molecular complexity index is 1670. The second-order valence-corrected chi connectivity index (χ2v) is 20.8. The molecule has 7 amide bonds. The Hall–Kier alpha value is -3.81. The van der Waals surface area contributed by atoms with Gasteiger partial charge in [-0.1, -0.05) is 98.8 Å². The summed E-state index contributed by atoms with van der Waals surface area (Å²) in [6.45, 7) is 17.3. The molecule has 8 N–H and O–H groups in total. The lowest BCUT2D eigenvalue weighted by atomic mass is 9.43. The lowest BCUT2D eigenvalue weighted by Gasteiger charge is -2.64. The zero-order valence-electron chi connectivity index (χ0n) is 42.5. The van der Waals surface area contributed by atoms with Crippen molar-refractivity contribution in [2.75, 3.05) is 20.2 Å². The van der Waals surface area contributed by atoms with E-state index in [2.05, 4.69) is 59.6 Å². The Morgan fingerprint density at radius 1 is 0.701 bits per heavy atom. The van der Waals surface area contributed by atoms with Gasteiger partial charge >= 0.3 is 7.12 Å². The molecule has 11 atom stereocenters. The molecule has 2 bridgehead atoms. The number of amides is 7. The molecule has 4 aliphatic rings. The van der Waals surface area contributed by atoms with Crippen molar-refractivity contribution >= 4 is 48.5 Å². The fourth-order valence-electron chi connectivity index (χ4n) is 9.98. The van der Waals surface area contributed by atoms with Gasteiger partial charge in [-0.3, -0.25) is 33.6 Å². The second kappa shape index (κ2) is 26.8. The zero-order valence-corrected chi connectivity index (χ0v) is 42.5. The molecule has 1 saturated heterocycles. The van der Waals surface area contributed by atoms with Crippen molar-refractivity contribution in [2.45, 2.75) is 220 Å². The molecule has 18 nitrogen and oxygen atoms in total. The number of carbonyl (C=O) groups is 7. The van der Waals surface area contributed by atoms with Crippen LogP contribution in [0.1, 0.15) is 166 Å². The van der Waals surface area contributed by atoms with Crippen LogP contribution in [0.4, 0.5) is 0 Å². The number of carbonyl (C=O) groups excluding carboxylic acids is 7. The van der Waals surface area contributed by atoms with Gasteiger partial charge in [-0.25, -0.2) is 0 Å². The van der Waals surface area contributed by atoms with Crippen LogP contribution in [0.2, 0.25) is 0 Å². The summed E-state index contributed by atoms with van der Waals surface area (Å²) in [5, 5.41) is 36.0. The summed E-state index contributed by atoms with van der Waals surface area (Å²) in [4.78, 5) is 93.0. The molecular weight excluding hydrogens is 861 g/mol. The van der Waals surface area contributed by atoms with E-state index >= 15 is 0 Å². The summed E-state index contributed by atoms with van der Waals surface area (Å²) in [6.07, 6.45) is 13.5. The number of hydrogen-bond acceptors (Lipinski definition) is 11. The first-order valence-electron chi connectivity index (χ1n) is 25.1. The van der Waals surface area contributed by atoms with E-state index < -0.39 is 104 Å². The first kappa shape index (κ1) is 57.5. The molecule has 0 aromatic carbocycles. The third kappa shape index (κ3) is 16.4. The highest BCUT2D eigenvalue weighted by atomic mass is 16.7. The van der Waals surface area contributed by atoms with E-state index in [0.29, 0.717) is 24.7 Å². The Balaban J connectivity index is 1.43. The van der Waals surface area contributed by atoms with Crippen LogP contribution in [-0.4, -0.2) is 138 Å². The molecule has 1 heterocycles. The average Bonchev–Trinajstić information content (AvgIpc) is 3.63. The third-order valence-electron chi connectivity index (χ3n) is 14.4. The minimum atomic E-state index is -1.47. The van der Waals surface area contributed by atoms with E-state index in [1.54, 1.807) is 0 Å². The van der Waals surface area contributed by atoms with Crippen molar-refractivity contribution in [2.24, 2.45) is 23.2 Å². The third-order valence-corrected chi connectivity index (χ3v) is 14.4. The van der Waals surface area contributed by atoms with Crippen molar-refractivity contribution in [3.63, 3.8) is 0 Å². The first-order valence-corrected chi connectivity index (χ1v) is 25.1. The van der Waals surface area contributed by atoms with Crippen molar-refractivity contribution in [3.8, 4) is 0 Å². The van der Waals surface area contributed by atoms with Crippen LogP contribution in [0.5, 0.6) is 0 Å². The number of likely N-dealkylation sites (N-methyl/N-ethyl adjacent to an activating group) is 1. The maximum Gasteiger partial charge on any atom is 0.481 e. The highest BCUT2D eigenvalue weighted by Gasteiger charge is 2.68. The van der Waals surface area contributed by atoms with Gasteiger partial charge < -0.3 is 56.3 Å². The summed E-state index contributed by atoms with van der Waals surface area (Å²) in [5.74, 6) is -4.21. The van der Waals surface area contributed by atoms with E-state index in [9.17, 15) is 43.8 Å². The largest absolute Gasteiger partial charge is 0.481 e. The monoisotopic (exact) mass is 948 g/mol. The number of aliphatic hydroxyl groups is 2. The van der Waals surface area contributed by atoms with Crippen molar-refractivity contribution < 1.29 is 53.1 Å². The second-order valence-electron chi connectivity index (χ2n) is 20.8. The predicted molar refractivity (Wildman–Crippen MR) is 256 cm³/mol. The SMILES string of the molecule is CCCCCCCCCCCCCC(=O)N[C@H](CO)C(=O)N[C@H](C)C(=O)NCC(=O)N(C)[C@H](C(=O)N[C@@H](C)C(=O)N[C@@H](CC(C)C)C(=O)N[C@@H](C)B1OC2C[C@@H]3C[C@@H](C3(C)C)[C@]2(C)O1)C(C)O. The summed E-state index contributed by atoms with van der Waals surface area (Å²) < 4.78 is 12.9. The van der Waals surface area contributed by atoms with Crippen LogP contribution in [-0.2, 0) is 42.9 Å². The van der Waals surface area contributed by atoms with Crippen LogP contribution in [0.3, 0.4) is 0 Å². The number of nitrogens with one attached hydrogen (secondary N) is 6. The first-order chi connectivity index (χ1) is 31.5. The lowest BCUT2D eigenvalue weighted by Crippen LogP contribution is -2.65. The van der Waals surface area contributed by atoms with Crippen LogP contribution in [0.25, 0.3) is 0 Å². The smallest absolute Gasteiger partial charge is 0.404 e. The highest BCUT2D eigenvalue weighted by Crippen LogP contribution is 2.65. The molecule has 2 unspecified atom stereocenters. The van der Waals surface area contributed by atoms with Gasteiger partial charge in [-0.05, 0) is 83.5 Å². The minimum absolute atomic E-state index is 0.0176. The Morgan fingerprint density at radius 3 is 1.81 bits per heavy atom. The van der Waals surface area contributed by atoms with Crippen molar-refractivity contribution in [1.82, 2.24) is 36.8 Å². The maximum absolute atomic E-state index is 13.7. The Labute approximate surface area is 400 Å². The summed E-state index contributed by atoms with van der Waals surface area (Å²) in [7, 11) is 0.601. The van der Waals surface area contributed by atoms with Gasteiger partial charge in [0.15, 0.2) is 0 Å². The minimum Gasteiger partial charge on any atom is -0.404 e. The standard InChI is InChI=1S/C48H86BN7O11/c1-12-13-14-15-16-17-18-19-20-21-22-23-39(59)54-36(28-57)45(64)51-30(4)42(61)50-27-40(60)56(11)41(32(6)58)46(65)52-31(5)43(62)55-35(24-29(2)3)44(63)53-33(7)49-66-38-26-34-25-37(47(34,8)9)48(38,10)67-49/h29-38,41,57-58H,12-28H2,1-11H3,(H,50,61)(H,51,64)(H,52,65)(H,53,63)(H,54,59)(H,55,62)/t30-,31+,32?,33+,34+,35+,36-,37+,38?,41+,48+/m1/s1. The van der Waals surface area contributed by atoms with Crippen molar-refractivity contribution in [1.29, 1.82) is 0 Å². The van der Waals surface area contributed by atoms with Gasteiger partial charge in [-0.2, -0.15) is 0 Å². The van der Waals surface area contributed by atoms with E-state index in [0.717, 1.165) is 37.0 Å². The molecule has 0 aromatic heterocycles. The molecule has 19 heteroatoms. The molecule has 3 saturated carbocycles. The number of hydrogen-bond donors (Lipinski definition) is 8. The average molecular weight is 948 g/mol. The summed E-state index contributed by atoms with van der Waals surface area (Å²) in [6, 6.07) is -6.06. The van der Waals surface area contributed by atoms with Gasteiger partial charge in [0.1, 0.15) is 30.2 Å². The molecular formula is C48H86BN7O11. The van der Waals surface area contributed by atoms with E-state index in [1.165, 1.54) is 72.8 Å². The van der Waals surface area contributed by atoms with Crippen LogP contribution < -0.4 is 31.9 Å². The Morgan fingerprint density at radius 2 is 1.25 bits per heavy atom. The Kier molecular flexibility index (Phi) is 23.0. The number of rotatable bonds is 30. The maximum atomic E-state index is 13.7. The fraction of sp³-hybridized carbons (Fsp3) is 0.854. The molecule has 67 heavy (non-hydrogen) atoms. The molecule has 4 fully saturated rings. The van der Waals surface area contributed by atoms with E-state index in [4.69, 9.17) is 9.31 Å². The quantitative estimate of drug-likeness (QED) is 0.0384. The molecule has 0 radical (unpaired) electrons. The molecule has 382 valence electrons. The topological polar surface area (TPSA) is 254 Å². The summed E-state index contributed by atoms with van der Waals surface area (Å²) >= 11 is 0. The van der Waals surface area contributed by atoms with Gasteiger partial charge in [0, 0.05) is 13.5 Å². The number of nitrogens with zero attached hydrogens (tertiary/aromatic N) is 1. The van der Waals surface area contributed by atoms with Crippen LogP contribution in [0.15, 0.2) is 0 Å². The molecule has 0 aromatic rings. The van der Waals surface area contributed by atoms with Gasteiger partial charge in [-0.15, -0.1) is 0 Å². The number of aliphatic hydroxyl groups excluding tert-OH is 2. The summed E-state index contributed by atoms with van der Waals surface area (Å²) in [5.41, 5.74) is -0.289. The van der Waals surface area contributed by atoms with Crippen LogP contribution in [0, 0.1) is 23.2 Å². The van der Waals surface area contributed by atoms with Crippen molar-refractivity contribution in [3.05, 3.63) is 0 Å². The van der Waals surface area contributed by atoms with Gasteiger partial charge in [0.05, 0.1) is 36.9 Å². The molecule has 4 rings (SSSR count). The molecule has 3 aliphatic carbocycles. The molecule has 0 spiro atoms. The molecule has 1 aliphatic heterocycles. The highest BCUT2D eigenvalue weighted by molar-refractivity contribution is 6.47. The number of unbranched alkanes of at least 4 members (excludes halogenated alkanes) is 10. The van der Waals surface area contributed by atoms with E-state index in [-0.39, 0.29) is 29.8 Å². The van der Waals surface area contributed by atoms with Gasteiger partial charge in [0.2, 0.25) is 41.4 Å². The van der Waals surface area contributed by atoms with E-state index in [1.807, 2.05) is 20.8 Å². The van der Waals surface area contributed by atoms with Gasteiger partial charge in [0.25, 0.3) is 0 Å².